The summed E-state index contributed by atoms with van der Waals surface area (Å²) in [7, 11) is 1.91. The molecule has 0 spiro atoms. The molecule has 0 unspecified atom stereocenters. The smallest absolute Gasteiger partial charge is 0.457 e. The lowest BCUT2D eigenvalue weighted by Crippen LogP contribution is -2.05. The van der Waals surface area contributed by atoms with E-state index in [0.29, 0.717) is 11.5 Å². The molecule has 2 aliphatic rings. The SMILES string of the molecule is C[N+]1=C=[N+](c2cccc(Oc3cccc([N+]4=C=[N+](c5c(-c6ccccc6)cccc5-c5ccccc5)c5c4ccc4ccccc54)c3)c2)c2nccnc21. The predicted molar refractivity (Wildman–Crippen MR) is 216 cm³/mol. The Bertz CT molecular complexity index is 2880. The third-order valence-electron chi connectivity index (χ3n) is 9.80. The molecule has 0 fully saturated rings. The topological polar surface area (TPSA) is 47.0 Å². The van der Waals surface area contributed by atoms with E-state index in [4.69, 9.17) is 4.74 Å². The van der Waals surface area contributed by atoms with Crippen LogP contribution in [0.1, 0.15) is 0 Å². The van der Waals surface area contributed by atoms with Gasteiger partial charge < -0.3 is 4.74 Å². The summed E-state index contributed by atoms with van der Waals surface area (Å²) < 4.78 is 14.7. The lowest BCUT2D eigenvalue weighted by molar-refractivity contribution is -0.398. The average molecular weight is 697 g/mol. The number of ether oxygens (including phenoxy) is 1. The molecule has 3 heterocycles. The minimum Gasteiger partial charge on any atom is -0.457 e. The largest absolute Gasteiger partial charge is 0.503 e. The Kier molecular flexibility index (Phi) is 7.45. The quantitative estimate of drug-likeness (QED) is 0.156. The van der Waals surface area contributed by atoms with Gasteiger partial charge in [0.1, 0.15) is 18.5 Å². The first-order valence-corrected chi connectivity index (χ1v) is 17.8. The minimum absolute atomic E-state index is 0.693. The number of benzene rings is 7. The van der Waals surface area contributed by atoms with Crippen LogP contribution in [0, 0.1) is 0 Å². The molecule has 54 heavy (non-hydrogen) atoms. The highest BCUT2D eigenvalue weighted by atomic mass is 16.5. The molecular weight excluding hydrogens is 665 g/mol. The van der Waals surface area contributed by atoms with Crippen molar-refractivity contribution in [1.29, 1.82) is 0 Å². The van der Waals surface area contributed by atoms with Crippen molar-refractivity contribution < 1.29 is 9.31 Å². The lowest BCUT2D eigenvalue weighted by Gasteiger charge is -2.11. The van der Waals surface area contributed by atoms with E-state index in [1.54, 1.807) is 12.4 Å². The van der Waals surface area contributed by atoms with Crippen molar-refractivity contribution in [3.63, 3.8) is 0 Å². The number of rotatable bonds is 7. The van der Waals surface area contributed by atoms with Crippen LogP contribution in [-0.4, -0.2) is 33.6 Å². The van der Waals surface area contributed by atoms with Gasteiger partial charge in [-0.25, -0.2) is 0 Å². The van der Waals surface area contributed by atoms with Crippen molar-refractivity contribution in [2.75, 3.05) is 7.05 Å². The van der Waals surface area contributed by atoms with Crippen LogP contribution in [0.4, 0.5) is 40.1 Å². The average Bonchev–Trinajstić information content (AvgIpc) is 3.80. The number of hydrogen-bond donors (Lipinski definition) is 0. The molecule has 0 saturated heterocycles. The van der Waals surface area contributed by atoms with Crippen LogP contribution in [0.25, 0.3) is 33.0 Å². The van der Waals surface area contributed by atoms with Gasteiger partial charge in [0.2, 0.25) is 11.4 Å². The maximum atomic E-state index is 6.55. The maximum Gasteiger partial charge on any atom is 0.503 e. The zero-order valence-corrected chi connectivity index (χ0v) is 29.3. The molecule has 252 valence electrons. The van der Waals surface area contributed by atoms with Gasteiger partial charge in [0.25, 0.3) is 5.69 Å². The van der Waals surface area contributed by atoms with Crippen LogP contribution in [-0.2, 0) is 0 Å². The molecule has 0 atom stereocenters. The fourth-order valence-corrected chi connectivity index (χ4v) is 7.36. The van der Waals surface area contributed by atoms with Crippen LogP contribution < -0.4 is 18.5 Å². The third-order valence-corrected chi connectivity index (χ3v) is 9.80. The van der Waals surface area contributed by atoms with Gasteiger partial charge in [0.15, 0.2) is 11.9 Å². The molecule has 0 amide bonds. The number of fused-ring (bicyclic) bond motifs is 4. The Hall–Kier alpha value is -7.56. The maximum absolute atomic E-state index is 6.55. The normalized spacial score (nSPS) is 12.8. The highest BCUT2D eigenvalue weighted by Crippen LogP contribution is 2.47. The highest BCUT2D eigenvalue weighted by Gasteiger charge is 2.41. The van der Waals surface area contributed by atoms with Crippen molar-refractivity contribution in [3.8, 4) is 33.8 Å². The van der Waals surface area contributed by atoms with E-state index in [-0.39, 0.29) is 0 Å². The van der Waals surface area contributed by atoms with Gasteiger partial charge in [-0.2, -0.15) is 4.98 Å². The monoisotopic (exact) mass is 696 g/mol. The molecule has 0 N–H and O–H groups in total. The number of nitrogens with zero attached hydrogens (tertiary/aromatic N) is 6. The molecule has 2 aliphatic heterocycles. The van der Waals surface area contributed by atoms with Crippen molar-refractivity contribution in [3.05, 3.63) is 176 Å². The Morgan fingerprint density at radius 3 is 1.76 bits per heavy atom. The number of aromatic nitrogens is 2. The first-order valence-electron chi connectivity index (χ1n) is 17.8. The predicted octanol–water partition coefficient (Wildman–Crippen LogP) is 10.9. The fraction of sp³-hybridized carbons (Fsp3) is 0.0213. The van der Waals surface area contributed by atoms with E-state index in [1.165, 1.54) is 0 Å². The lowest BCUT2D eigenvalue weighted by atomic mass is 9.95. The first kappa shape index (κ1) is 31.2. The summed E-state index contributed by atoms with van der Waals surface area (Å²) >= 11 is 0. The summed E-state index contributed by atoms with van der Waals surface area (Å²) in [6.07, 6.45) is 3.38. The second-order valence-corrected chi connectivity index (χ2v) is 13.2. The summed E-state index contributed by atoms with van der Waals surface area (Å²) in [6.45, 7) is 0. The van der Waals surface area contributed by atoms with Crippen LogP contribution in [0.2, 0.25) is 0 Å². The summed E-state index contributed by atoms with van der Waals surface area (Å²) in [5, 5.41) is 2.30. The zero-order chi connectivity index (χ0) is 36.0. The van der Waals surface area contributed by atoms with E-state index in [1.807, 2.05) is 52.6 Å². The van der Waals surface area contributed by atoms with Gasteiger partial charge in [-0.1, -0.05) is 102 Å². The molecular formula is C47H32N6O+4. The van der Waals surface area contributed by atoms with Gasteiger partial charge in [-0.15, -0.1) is 4.58 Å². The van der Waals surface area contributed by atoms with Crippen molar-refractivity contribution in [1.82, 2.24) is 23.7 Å². The van der Waals surface area contributed by atoms with E-state index >= 15 is 0 Å². The van der Waals surface area contributed by atoms with Crippen molar-refractivity contribution >= 4 is 62.9 Å². The van der Waals surface area contributed by atoms with Crippen molar-refractivity contribution in [2.45, 2.75) is 0 Å². The van der Waals surface area contributed by atoms with Crippen LogP contribution in [0.15, 0.2) is 176 Å². The number of para-hydroxylation sites is 1. The van der Waals surface area contributed by atoms with E-state index in [0.717, 1.165) is 73.1 Å². The molecule has 7 aromatic carbocycles. The molecule has 10 rings (SSSR count). The van der Waals surface area contributed by atoms with Gasteiger partial charge in [-0.05, 0) is 68.1 Å². The highest BCUT2D eigenvalue weighted by molar-refractivity contribution is 6.06. The molecule has 7 heteroatoms. The Morgan fingerprint density at radius 1 is 0.481 bits per heavy atom. The van der Waals surface area contributed by atoms with E-state index in [9.17, 15) is 0 Å². The summed E-state index contributed by atoms with van der Waals surface area (Å²) in [5.74, 6) is 2.87. The summed E-state index contributed by atoms with van der Waals surface area (Å²) in [4.78, 5) is 9.01. The Morgan fingerprint density at radius 2 is 1.07 bits per heavy atom. The van der Waals surface area contributed by atoms with Gasteiger partial charge in [0.05, 0.1) is 28.8 Å². The molecule has 0 aliphatic carbocycles. The summed E-state index contributed by atoms with van der Waals surface area (Å²) in [5.41, 5.74) is 9.47. The number of hydrogen-bond acceptors (Lipinski definition) is 3. The second-order valence-electron chi connectivity index (χ2n) is 13.2. The fourth-order valence-electron chi connectivity index (χ4n) is 7.36. The minimum atomic E-state index is 0.693. The molecule has 0 radical (unpaired) electrons. The molecule has 1 aromatic heterocycles. The van der Waals surface area contributed by atoms with E-state index < -0.39 is 0 Å². The van der Waals surface area contributed by atoms with E-state index in [2.05, 4.69) is 159 Å². The van der Waals surface area contributed by atoms with Crippen LogP contribution in [0.5, 0.6) is 11.5 Å². The van der Waals surface area contributed by atoms with Crippen LogP contribution in [0.3, 0.4) is 0 Å². The standard InChI is InChI=1S/C47H32N6O/c1-50-31-52(47-46(50)48-27-28-49-47)37-19-11-21-39(30-37)54-38-20-10-18-36(29-38)51-32-53(45-42-22-9-8-17-35(42)25-26-43(45)51)44-40(33-13-4-2-5-14-33)23-12-24-41(44)34-15-6-3-7-16-34/h2-30H,1H3/q+4. The Balaban J connectivity index is 1.13. The van der Waals surface area contributed by atoms with Crippen molar-refractivity contribution in [2.24, 2.45) is 0 Å². The van der Waals surface area contributed by atoms with Crippen LogP contribution >= 0.6 is 0 Å². The second kappa shape index (κ2) is 12.9. The molecule has 0 bridgehead atoms. The zero-order valence-electron chi connectivity index (χ0n) is 29.3. The van der Waals surface area contributed by atoms with Gasteiger partial charge in [0, 0.05) is 23.2 Å². The first-order chi connectivity index (χ1) is 26.7. The molecule has 0 saturated carbocycles. The summed E-state index contributed by atoms with van der Waals surface area (Å²) in [6, 6.07) is 63.9. The third kappa shape index (κ3) is 5.33. The molecule has 7 nitrogen and oxygen atoms in total. The van der Waals surface area contributed by atoms with Gasteiger partial charge in [-0.3, -0.25) is 0 Å². The van der Waals surface area contributed by atoms with Gasteiger partial charge >= 0.3 is 29.3 Å². The molecule has 8 aromatic rings. The Labute approximate surface area is 312 Å².